The topological polar surface area (TPSA) is 55.8 Å². The fourth-order valence-electron chi connectivity index (χ4n) is 4.02. The Labute approximate surface area is 161 Å². The van der Waals surface area contributed by atoms with E-state index in [0.717, 1.165) is 11.3 Å². The smallest absolute Gasteiger partial charge is 0.336 e. The maximum atomic E-state index is 13.4. The number of nitrogens with zero attached hydrogens (tertiary/aromatic N) is 1. The van der Waals surface area contributed by atoms with Crippen LogP contribution in [0.4, 0.5) is 0 Å². The van der Waals surface area contributed by atoms with Crippen LogP contribution in [0, 0.1) is 5.92 Å². The number of likely N-dealkylation sites (N-methyl/N-ethyl adjacent to an activating group) is 1. The molecule has 2 rings (SSSR count). The quantitative estimate of drug-likeness (QED) is 0.712. The van der Waals surface area contributed by atoms with Gasteiger partial charge in [-0.3, -0.25) is 4.79 Å². The van der Waals surface area contributed by atoms with Crippen LogP contribution < -0.4 is 0 Å². The van der Waals surface area contributed by atoms with Crippen molar-refractivity contribution >= 4 is 11.9 Å². The zero-order valence-corrected chi connectivity index (χ0v) is 16.9. The largest absolute Gasteiger partial charge is 0.465 e. The fourth-order valence-corrected chi connectivity index (χ4v) is 4.02. The summed E-state index contributed by atoms with van der Waals surface area (Å²) in [5.74, 6) is -1.22. The molecule has 5 heteroatoms. The third-order valence-corrected chi connectivity index (χ3v) is 5.35. The Balaban J connectivity index is 2.83. The molecule has 2 atom stereocenters. The molecule has 1 aromatic carbocycles. The van der Waals surface area contributed by atoms with E-state index in [1.807, 2.05) is 56.1 Å². The van der Waals surface area contributed by atoms with Gasteiger partial charge in [-0.1, -0.05) is 43.8 Å². The number of carbonyl (C=O) groups excluding carboxylic acids is 2. The average molecular weight is 371 g/mol. The molecule has 0 aromatic heterocycles. The van der Waals surface area contributed by atoms with Gasteiger partial charge in [0, 0.05) is 24.4 Å². The summed E-state index contributed by atoms with van der Waals surface area (Å²) in [4.78, 5) is 28.0. The van der Waals surface area contributed by atoms with Gasteiger partial charge in [-0.2, -0.15) is 0 Å². The third kappa shape index (κ3) is 3.27. The molecule has 1 heterocycles. The van der Waals surface area contributed by atoms with Crippen LogP contribution >= 0.6 is 0 Å². The van der Waals surface area contributed by atoms with Crippen LogP contribution in [0.5, 0.6) is 0 Å². The first-order valence-corrected chi connectivity index (χ1v) is 9.41. The van der Waals surface area contributed by atoms with E-state index >= 15 is 0 Å². The van der Waals surface area contributed by atoms with E-state index in [9.17, 15) is 9.59 Å². The first-order chi connectivity index (χ1) is 12.9. The second kappa shape index (κ2) is 8.42. The second-order valence-electron chi connectivity index (χ2n) is 6.58. The molecule has 0 bridgehead atoms. The summed E-state index contributed by atoms with van der Waals surface area (Å²) in [6.07, 6.45) is 0.562. The van der Waals surface area contributed by atoms with Gasteiger partial charge in [0.25, 0.3) is 0 Å². The maximum absolute atomic E-state index is 13.4. The van der Waals surface area contributed by atoms with Crippen molar-refractivity contribution < 1.29 is 19.1 Å². The summed E-state index contributed by atoms with van der Waals surface area (Å²) >= 11 is 0. The van der Waals surface area contributed by atoms with E-state index in [1.54, 1.807) is 13.8 Å². The van der Waals surface area contributed by atoms with Crippen LogP contribution in [0.2, 0.25) is 0 Å². The molecule has 0 unspecified atom stereocenters. The lowest BCUT2D eigenvalue weighted by Gasteiger charge is -2.48. The molecule has 0 spiro atoms. The Morgan fingerprint density at radius 3 is 2.22 bits per heavy atom. The zero-order valence-electron chi connectivity index (χ0n) is 16.9. The normalized spacial score (nSPS) is 22.6. The zero-order chi connectivity index (χ0) is 20.2. The minimum atomic E-state index is -1.18. The lowest BCUT2D eigenvalue weighted by atomic mass is 9.61. The van der Waals surface area contributed by atoms with Crippen LogP contribution in [0.15, 0.2) is 53.9 Å². The molecule has 0 aliphatic carbocycles. The molecule has 1 aromatic rings. The van der Waals surface area contributed by atoms with Crippen molar-refractivity contribution in [2.75, 3.05) is 20.3 Å². The number of ether oxygens (including phenoxy) is 2. The molecule has 0 radical (unpaired) electrons. The van der Waals surface area contributed by atoms with Gasteiger partial charge < -0.3 is 14.4 Å². The van der Waals surface area contributed by atoms with E-state index in [1.165, 1.54) is 0 Å². The van der Waals surface area contributed by atoms with Gasteiger partial charge in [-0.15, -0.1) is 0 Å². The van der Waals surface area contributed by atoms with Gasteiger partial charge in [0.2, 0.25) is 0 Å². The third-order valence-electron chi connectivity index (χ3n) is 5.35. The molecule has 5 nitrogen and oxygen atoms in total. The Hall–Kier alpha value is -2.56. The second-order valence-corrected chi connectivity index (χ2v) is 6.58. The predicted octanol–water partition coefficient (Wildman–Crippen LogP) is 3.81. The van der Waals surface area contributed by atoms with Gasteiger partial charge in [0.1, 0.15) is 5.41 Å². The number of carbonyl (C=O) groups is 2. The number of hydrogen-bond acceptors (Lipinski definition) is 5. The number of esters is 2. The van der Waals surface area contributed by atoms with Gasteiger partial charge in [-0.05, 0) is 32.8 Å². The Bertz CT molecular complexity index is 753. The summed E-state index contributed by atoms with van der Waals surface area (Å²) in [5, 5.41) is 0. The summed E-state index contributed by atoms with van der Waals surface area (Å²) in [5.41, 5.74) is 1.45. The van der Waals surface area contributed by atoms with Crippen LogP contribution in [-0.4, -0.2) is 37.1 Å². The first-order valence-electron chi connectivity index (χ1n) is 9.41. The summed E-state index contributed by atoms with van der Waals surface area (Å²) in [6.45, 7) is 12.2. The fraction of sp³-hybridized carbons (Fsp3) is 0.455. The number of rotatable bonds is 6. The molecule has 0 fully saturated rings. The minimum absolute atomic E-state index is 0.248. The summed E-state index contributed by atoms with van der Waals surface area (Å²) in [7, 11) is 1.82. The highest BCUT2D eigenvalue weighted by atomic mass is 16.5. The van der Waals surface area contributed by atoms with E-state index in [-0.39, 0.29) is 13.2 Å². The summed E-state index contributed by atoms with van der Waals surface area (Å²) in [6, 6.07) is 9.44. The van der Waals surface area contributed by atoms with Gasteiger partial charge >= 0.3 is 11.9 Å². The van der Waals surface area contributed by atoms with Crippen LogP contribution in [0.1, 0.15) is 39.7 Å². The van der Waals surface area contributed by atoms with Crippen molar-refractivity contribution in [2.24, 2.45) is 5.92 Å². The van der Waals surface area contributed by atoms with E-state index in [4.69, 9.17) is 9.47 Å². The molecule has 0 N–H and O–H groups in total. The Morgan fingerprint density at radius 2 is 1.70 bits per heavy atom. The van der Waals surface area contributed by atoms with Gasteiger partial charge in [0.05, 0.1) is 18.8 Å². The highest BCUT2D eigenvalue weighted by Gasteiger charge is 2.57. The van der Waals surface area contributed by atoms with E-state index in [2.05, 4.69) is 6.58 Å². The van der Waals surface area contributed by atoms with Crippen LogP contribution in [0.3, 0.4) is 0 Å². The summed E-state index contributed by atoms with van der Waals surface area (Å²) < 4.78 is 10.8. The number of benzene rings is 1. The number of hydrogen-bond donors (Lipinski definition) is 0. The van der Waals surface area contributed by atoms with E-state index < -0.39 is 23.3 Å². The SMILES string of the molecule is C=C1N(C)C(C)=C(C(=O)OCC)[C@H](CC)[C@@]1(C(=O)OCC)c1ccccc1. The molecule has 0 amide bonds. The van der Waals surface area contributed by atoms with Crippen molar-refractivity contribution in [3.05, 3.63) is 59.4 Å². The average Bonchev–Trinajstić information content (AvgIpc) is 2.67. The minimum Gasteiger partial charge on any atom is -0.465 e. The Kier molecular flexibility index (Phi) is 6.47. The van der Waals surface area contributed by atoms with E-state index in [0.29, 0.717) is 17.7 Å². The molecule has 1 aliphatic heterocycles. The predicted molar refractivity (Wildman–Crippen MR) is 105 cm³/mol. The maximum Gasteiger partial charge on any atom is 0.336 e. The molecule has 0 saturated carbocycles. The van der Waals surface area contributed by atoms with Gasteiger partial charge in [0.15, 0.2) is 0 Å². The van der Waals surface area contributed by atoms with Gasteiger partial charge in [-0.25, -0.2) is 4.79 Å². The standard InChI is InChI=1S/C22H29NO4/c1-7-18-19(20(24)26-8-2)15(4)23(6)16(5)22(18,21(25)27-9-3)17-13-11-10-12-14-17/h10-14,18H,5,7-9H2,1-4,6H3/t18-,22-/m0/s1. The number of allylic oxidation sites excluding steroid dienone is 1. The lowest BCUT2D eigenvalue weighted by molar-refractivity contribution is -0.152. The monoisotopic (exact) mass is 371 g/mol. The highest BCUT2D eigenvalue weighted by molar-refractivity contribution is 5.96. The van der Waals surface area contributed by atoms with Crippen molar-refractivity contribution in [1.82, 2.24) is 4.90 Å². The van der Waals surface area contributed by atoms with Crippen molar-refractivity contribution in [3.8, 4) is 0 Å². The molecule has 146 valence electrons. The highest BCUT2D eigenvalue weighted by Crippen LogP contribution is 2.51. The van der Waals surface area contributed by atoms with Crippen molar-refractivity contribution in [2.45, 2.75) is 39.5 Å². The Morgan fingerprint density at radius 1 is 1.11 bits per heavy atom. The molecular formula is C22H29NO4. The molecular weight excluding hydrogens is 342 g/mol. The van der Waals surface area contributed by atoms with Crippen LogP contribution in [0.25, 0.3) is 0 Å². The van der Waals surface area contributed by atoms with Crippen LogP contribution in [-0.2, 0) is 24.5 Å². The molecule has 27 heavy (non-hydrogen) atoms. The van der Waals surface area contributed by atoms with Crippen molar-refractivity contribution in [3.63, 3.8) is 0 Å². The lowest BCUT2D eigenvalue weighted by Crippen LogP contribution is -2.54. The molecule has 1 aliphatic rings. The molecule has 0 saturated heterocycles. The first kappa shape index (κ1) is 20.7. The van der Waals surface area contributed by atoms with Crippen molar-refractivity contribution in [1.29, 1.82) is 0 Å².